The number of carbonyl (C=O) groups is 1. The molecule has 0 radical (unpaired) electrons. The summed E-state index contributed by atoms with van der Waals surface area (Å²) in [5, 5.41) is 18.8. The molecule has 0 aliphatic rings. The van der Waals surface area contributed by atoms with Crippen LogP contribution in [-0.4, -0.2) is 40.0 Å². The van der Waals surface area contributed by atoms with Gasteiger partial charge < -0.3 is 19.1 Å². The van der Waals surface area contributed by atoms with Crippen LogP contribution in [0.5, 0.6) is 0 Å². The maximum absolute atomic E-state index is 13.6. The van der Waals surface area contributed by atoms with Gasteiger partial charge in [0.1, 0.15) is 5.82 Å². The average molecular weight is 457 g/mol. The Kier molecular flexibility index (Phi) is 7.20. The molecule has 3 aromatic rings. The van der Waals surface area contributed by atoms with Gasteiger partial charge in [0.2, 0.25) is 0 Å². The Balaban J connectivity index is 2.21. The lowest BCUT2D eigenvalue weighted by Gasteiger charge is -2.13. The fourth-order valence-electron chi connectivity index (χ4n) is 3.69. The SMILES string of the molecule is COP(=O)(C#Cc1c(-c2ccc(F)cc2)c2ccccn2c1C(C)C)C[C@@H](O)CC(=O)O. The molecule has 0 bridgehead atoms. The van der Waals surface area contributed by atoms with Crippen LogP contribution >= 0.6 is 7.37 Å². The van der Waals surface area contributed by atoms with E-state index in [-0.39, 0.29) is 17.9 Å². The highest BCUT2D eigenvalue weighted by Gasteiger charge is 2.26. The number of hydrogen-bond donors (Lipinski definition) is 2. The molecular formula is C24H25FNO5P. The molecule has 2 aromatic heterocycles. The largest absolute Gasteiger partial charge is 0.481 e. The lowest BCUT2D eigenvalue weighted by molar-refractivity contribution is -0.138. The van der Waals surface area contributed by atoms with Gasteiger partial charge in [0.15, 0.2) is 0 Å². The highest BCUT2D eigenvalue weighted by molar-refractivity contribution is 7.64. The lowest BCUT2D eigenvalue weighted by Crippen LogP contribution is -2.17. The Morgan fingerprint density at radius 3 is 2.50 bits per heavy atom. The van der Waals surface area contributed by atoms with E-state index in [1.807, 2.05) is 42.6 Å². The number of hydrogen-bond acceptors (Lipinski definition) is 4. The zero-order valence-electron chi connectivity index (χ0n) is 18.1. The first-order valence-corrected chi connectivity index (χ1v) is 11.9. The van der Waals surface area contributed by atoms with E-state index in [4.69, 9.17) is 9.63 Å². The second kappa shape index (κ2) is 9.70. The molecule has 0 aliphatic heterocycles. The fourth-order valence-corrected chi connectivity index (χ4v) is 4.98. The quantitative estimate of drug-likeness (QED) is 0.388. The van der Waals surface area contributed by atoms with Crippen molar-refractivity contribution in [1.29, 1.82) is 0 Å². The zero-order valence-corrected chi connectivity index (χ0v) is 19.0. The number of aromatic nitrogens is 1. The molecule has 1 unspecified atom stereocenters. The monoisotopic (exact) mass is 457 g/mol. The van der Waals surface area contributed by atoms with E-state index < -0.39 is 25.9 Å². The summed E-state index contributed by atoms with van der Waals surface area (Å²) in [5.41, 5.74) is 6.60. The second-order valence-electron chi connectivity index (χ2n) is 7.78. The van der Waals surface area contributed by atoms with E-state index in [0.717, 1.165) is 22.3 Å². The molecule has 32 heavy (non-hydrogen) atoms. The van der Waals surface area contributed by atoms with Crippen LogP contribution in [0.3, 0.4) is 0 Å². The molecule has 6 nitrogen and oxygen atoms in total. The van der Waals surface area contributed by atoms with Crippen LogP contribution in [0.2, 0.25) is 0 Å². The number of benzene rings is 1. The number of halogens is 1. The number of aliphatic carboxylic acids is 1. The van der Waals surface area contributed by atoms with Crippen LogP contribution in [-0.2, 0) is 13.9 Å². The molecular weight excluding hydrogens is 432 g/mol. The third kappa shape index (κ3) is 5.11. The smallest absolute Gasteiger partial charge is 0.305 e. The number of rotatable bonds is 7. The van der Waals surface area contributed by atoms with Crippen molar-refractivity contribution in [1.82, 2.24) is 4.40 Å². The van der Waals surface area contributed by atoms with E-state index in [1.54, 1.807) is 12.1 Å². The maximum atomic E-state index is 13.6. The van der Waals surface area contributed by atoms with Gasteiger partial charge >= 0.3 is 5.97 Å². The average Bonchev–Trinajstić information content (AvgIpc) is 3.06. The van der Waals surface area contributed by atoms with Crippen molar-refractivity contribution in [2.75, 3.05) is 13.3 Å². The summed E-state index contributed by atoms with van der Waals surface area (Å²) in [6.45, 7) is 4.03. The Bertz CT molecular complexity index is 1240. The highest BCUT2D eigenvalue weighted by Crippen LogP contribution is 2.46. The zero-order chi connectivity index (χ0) is 23.5. The van der Waals surface area contributed by atoms with Gasteiger partial charge in [-0.1, -0.05) is 38.0 Å². The summed E-state index contributed by atoms with van der Waals surface area (Å²) >= 11 is 0. The number of pyridine rings is 1. The summed E-state index contributed by atoms with van der Waals surface area (Å²) in [5.74, 6) is 1.51. The second-order valence-corrected chi connectivity index (χ2v) is 10.1. The molecule has 0 saturated heterocycles. The van der Waals surface area contributed by atoms with Gasteiger partial charge in [-0.25, -0.2) is 4.39 Å². The van der Waals surface area contributed by atoms with Crippen molar-refractivity contribution in [3.05, 3.63) is 65.7 Å². The van der Waals surface area contributed by atoms with E-state index >= 15 is 0 Å². The predicted octanol–water partition coefficient (Wildman–Crippen LogP) is 4.94. The van der Waals surface area contributed by atoms with Crippen molar-refractivity contribution < 1.29 is 28.5 Å². The standard InChI is InChI=1S/C24H25FNO5P/c1-16(2)24-20(11-13-32(30,31-3)15-19(27)14-22(28)29)23(17-7-9-18(25)10-8-17)21-6-4-5-12-26(21)24/h4-10,12,16,19,27H,14-15H2,1-3H3,(H,28,29)/t19-,32?/m0/s1. The summed E-state index contributed by atoms with van der Waals surface area (Å²) < 4.78 is 33.8. The number of carboxylic acid groups (broad SMARTS) is 1. The predicted molar refractivity (Wildman–Crippen MR) is 122 cm³/mol. The van der Waals surface area contributed by atoms with Gasteiger partial charge in [-0.15, -0.1) is 0 Å². The van der Waals surface area contributed by atoms with E-state index in [1.165, 1.54) is 19.2 Å². The minimum Gasteiger partial charge on any atom is -0.481 e. The topological polar surface area (TPSA) is 88.2 Å². The lowest BCUT2D eigenvalue weighted by atomic mass is 9.98. The molecule has 1 aromatic carbocycles. The van der Waals surface area contributed by atoms with Crippen LogP contribution in [0.15, 0.2) is 48.7 Å². The third-order valence-corrected chi connectivity index (χ3v) is 7.01. The molecule has 2 N–H and O–H groups in total. The van der Waals surface area contributed by atoms with Crippen molar-refractivity contribution in [3.8, 4) is 22.7 Å². The number of carboxylic acids is 1. The molecule has 0 fully saturated rings. The van der Waals surface area contributed by atoms with Gasteiger partial charge in [0.25, 0.3) is 7.37 Å². The minimum absolute atomic E-state index is 0.0583. The Hall–Kier alpha value is -2.91. The number of aliphatic hydroxyl groups is 1. The van der Waals surface area contributed by atoms with Crippen LogP contribution in [0.1, 0.15) is 37.4 Å². The third-order valence-electron chi connectivity index (χ3n) is 5.07. The van der Waals surface area contributed by atoms with Crippen molar-refractivity contribution in [2.24, 2.45) is 0 Å². The van der Waals surface area contributed by atoms with Gasteiger partial charge in [0.05, 0.1) is 29.8 Å². The Morgan fingerprint density at radius 2 is 1.91 bits per heavy atom. The molecule has 0 saturated carbocycles. The Labute approximate surface area is 186 Å². The van der Waals surface area contributed by atoms with Gasteiger partial charge in [-0.05, 0) is 41.4 Å². The normalized spacial score (nSPS) is 14.1. The molecule has 0 spiro atoms. The Morgan fingerprint density at radius 1 is 1.22 bits per heavy atom. The van der Waals surface area contributed by atoms with Crippen LogP contribution in [0.4, 0.5) is 4.39 Å². The first-order chi connectivity index (χ1) is 15.1. The van der Waals surface area contributed by atoms with E-state index in [2.05, 4.69) is 11.6 Å². The molecule has 3 rings (SSSR count). The molecule has 0 amide bonds. The van der Waals surface area contributed by atoms with Gasteiger partial charge in [-0.2, -0.15) is 0 Å². The van der Waals surface area contributed by atoms with E-state index in [0.29, 0.717) is 5.56 Å². The van der Waals surface area contributed by atoms with Gasteiger partial charge in [0, 0.05) is 24.6 Å². The van der Waals surface area contributed by atoms with Crippen molar-refractivity contribution in [2.45, 2.75) is 32.3 Å². The molecule has 2 atom stereocenters. The minimum atomic E-state index is -3.63. The van der Waals surface area contributed by atoms with Gasteiger partial charge in [-0.3, -0.25) is 9.36 Å². The molecule has 0 aliphatic carbocycles. The maximum Gasteiger partial charge on any atom is 0.305 e. The number of fused-ring (bicyclic) bond motifs is 1. The summed E-state index contributed by atoms with van der Waals surface area (Å²) in [6.07, 6.45) is -0.376. The first kappa shape index (κ1) is 23.7. The van der Waals surface area contributed by atoms with Crippen molar-refractivity contribution >= 4 is 18.9 Å². The van der Waals surface area contributed by atoms with Crippen LogP contribution < -0.4 is 0 Å². The molecule has 168 valence electrons. The number of nitrogens with zero attached hydrogens (tertiary/aromatic N) is 1. The number of aliphatic hydroxyl groups excluding tert-OH is 1. The molecule has 8 heteroatoms. The molecule has 2 heterocycles. The van der Waals surface area contributed by atoms with E-state index in [9.17, 15) is 18.9 Å². The summed E-state index contributed by atoms with van der Waals surface area (Å²) in [4.78, 5) is 10.9. The fraction of sp³-hybridized carbons (Fsp3) is 0.292. The van der Waals surface area contributed by atoms with Crippen LogP contribution in [0.25, 0.3) is 16.6 Å². The first-order valence-electron chi connectivity index (χ1n) is 10.1. The van der Waals surface area contributed by atoms with Crippen molar-refractivity contribution in [3.63, 3.8) is 0 Å². The summed E-state index contributed by atoms with van der Waals surface area (Å²) in [7, 11) is -2.41. The van der Waals surface area contributed by atoms with Crippen LogP contribution in [0, 0.1) is 17.4 Å². The summed E-state index contributed by atoms with van der Waals surface area (Å²) in [6, 6.07) is 11.8. The highest BCUT2D eigenvalue weighted by atomic mass is 31.2.